The number of nitrogens with one attached hydrogen (secondary N) is 1. The molecule has 0 saturated heterocycles. The number of carbonyl (C=O) groups is 1. The molecule has 3 aromatic rings. The summed E-state index contributed by atoms with van der Waals surface area (Å²) in [5, 5.41) is 12.9. The van der Waals surface area contributed by atoms with E-state index in [1.54, 1.807) is 0 Å². The van der Waals surface area contributed by atoms with E-state index in [2.05, 4.69) is 15.5 Å². The largest absolute Gasteiger partial charge is 0.493 e. The molecule has 1 heterocycles. The van der Waals surface area contributed by atoms with Crippen molar-refractivity contribution in [3.63, 3.8) is 0 Å². The third-order valence-corrected chi connectivity index (χ3v) is 5.41. The normalized spacial score (nSPS) is 10.7. The highest BCUT2D eigenvalue weighted by Gasteiger charge is 2.17. The Hall–Kier alpha value is -2.51. The molecule has 8 heteroatoms. The second-order valence-electron chi connectivity index (χ2n) is 6.17. The van der Waals surface area contributed by atoms with Gasteiger partial charge < -0.3 is 14.6 Å². The fraction of sp³-hybridized carbons (Fsp3) is 0.286. The van der Waals surface area contributed by atoms with E-state index in [1.807, 2.05) is 66.9 Å². The van der Waals surface area contributed by atoms with E-state index in [0.29, 0.717) is 29.9 Å². The number of para-hydroxylation sites is 1. The molecule has 29 heavy (non-hydrogen) atoms. The Balaban J connectivity index is 1.64. The molecule has 0 aliphatic carbocycles. The molecule has 0 spiro atoms. The average molecular weight is 431 g/mol. The number of halogens is 1. The van der Waals surface area contributed by atoms with Crippen molar-refractivity contribution < 1.29 is 9.53 Å². The van der Waals surface area contributed by atoms with E-state index < -0.39 is 0 Å². The van der Waals surface area contributed by atoms with Crippen LogP contribution in [0, 0.1) is 0 Å². The van der Waals surface area contributed by atoms with Gasteiger partial charge in [0.25, 0.3) is 0 Å². The number of benzene rings is 2. The number of nitrogens with zero attached hydrogens (tertiary/aromatic N) is 3. The predicted octanol–water partition coefficient (Wildman–Crippen LogP) is 4.43. The zero-order valence-corrected chi connectivity index (χ0v) is 18.0. The fourth-order valence-corrected chi connectivity index (χ4v) is 3.75. The highest BCUT2D eigenvalue weighted by atomic mass is 35.5. The summed E-state index contributed by atoms with van der Waals surface area (Å²) in [5.74, 6) is 1.71. The maximum absolute atomic E-state index is 12.2. The van der Waals surface area contributed by atoms with Crippen molar-refractivity contribution in [3.05, 3.63) is 59.1 Å². The van der Waals surface area contributed by atoms with E-state index in [4.69, 9.17) is 16.3 Å². The molecule has 2 aromatic carbocycles. The van der Waals surface area contributed by atoms with Crippen LogP contribution < -0.4 is 10.1 Å². The standard InChI is InChI=1S/C21H23ClN4O2S/c1-3-26-20(17-7-5-6-8-18(17)28-4-2)24-25-21(26)29-14-19(27)23-13-15-9-11-16(22)12-10-15/h5-12H,3-4,13-14H2,1-2H3,(H,23,27). The molecular weight excluding hydrogens is 408 g/mol. The topological polar surface area (TPSA) is 69.0 Å². The van der Waals surface area contributed by atoms with Crippen molar-refractivity contribution in [2.75, 3.05) is 12.4 Å². The molecule has 0 unspecified atom stereocenters. The molecule has 3 rings (SSSR count). The van der Waals surface area contributed by atoms with Gasteiger partial charge >= 0.3 is 0 Å². The van der Waals surface area contributed by atoms with Crippen LogP contribution in [-0.4, -0.2) is 33.0 Å². The van der Waals surface area contributed by atoms with Gasteiger partial charge in [0.15, 0.2) is 11.0 Å². The summed E-state index contributed by atoms with van der Waals surface area (Å²) in [4.78, 5) is 12.2. The van der Waals surface area contributed by atoms with Gasteiger partial charge in [-0.2, -0.15) is 0 Å². The summed E-state index contributed by atoms with van der Waals surface area (Å²) in [6, 6.07) is 15.2. The lowest BCUT2D eigenvalue weighted by molar-refractivity contribution is -0.118. The van der Waals surface area contributed by atoms with Crippen LogP contribution in [0.15, 0.2) is 53.7 Å². The van der Waals surface area contributed by atoms with Crippen LogP contribution in [0.25, 0.3) is 11.4 Å². The third-order valence-electron chi connectivity index (χ3n) is 4.20. The first-order valence-electron chi connectivity index (χ1n) is 9.41. The Morgan fingerprint density at radius 2 is 1.90 bits per heavy atom. The molecule has 1 aromatic heterocycles. The number of carbonyl (C=O) groups excluding carboxylic acids is 1. The summed E-state index contributed by atoms with van der Waals surface area (Å²) in [6.07, 6.45) is 0. The van der Waals surface area contributed by atoms with Crippen LogP contribution in [0.5, 0.6) is 5.75 Å². The Kier molecular flexibility index (Phi) is 7.55. The zero-order chi connectivity index (χ0) is 20.6. The molecule has 0 saturated carbocycles. The van der Waals surface area contributed by atoms with Gasteiger partial charge in [-0.25, -0.2) is 0 Å². The molecule has 1 N–H and O–H groups in total. The highest BCUT2D eigenvalue weighted by molar-refractivity contribution is 7.99. The zero-order valence-electron chi connectivity index (χ0n) is 16.4. The van der Waals surface area contributed by atoms with Crippen molar-refractivity contribution >= 4 is 29.3 Å². The average Bonchev–Trinajstić information content (AvgIpc) is 3.15. The molecule has 0 aliphatic rings. The number of hydrogen-bond acceptors (Lipinski definition) is 5. The van der Waals surface area contributed by atoms with Crippen molar-refractivity contribution in [3.8, 4) is 17.1 Å². The summed E-state index contributed by atoms with van der Waals surface area (Å²) < 4.78 is 7.71. The molecule has 0 fully saturated rings. The second kappa shape index (κ2) is 10.3. The van der Waals surface area contributed by atoms with E-state index in [1.165, 1.54) is 11.8 Å². The number of amides is 1. The van der Waals surface area contributed by atoms with Gasteiger partial charge in [0.2, 0.25) is 5.91 Å². The summed E-state index contributed by atoms with van der Waals surface area (Å²) in [5.41, 5.74) is 1.89. The van der Waals surface area contributed by atoms with Gasteiger partial charge in [0.05, 0.1) is 17.9 Å². The first-order chi connectivity index (χ1) is 14.1. The highest BCUT2D eigenvalue weighted by Crippen LogP contribution is 2.31. The Bertz CT molecular complexity index is 960. The number of hydrogen-bond donors (Lipinski definition) is 1. The molecule has 0 aliphatic heterocycles. The first-order valence-corrected chi connectivity index (χ1v) is 10.8. The predicted molar refractivity (Wildman–Crippen MR) is 116 cm³/mol. The minimum absolute atomic E-state index is 0.0631. The lowest BCUT2D eigenvalue weighted by Gasteiger charge is -2.11. The van der Waals surface area contributed by atoms with E-state index in [9.17, 15) is 4.79 Å². The molecule has 152 valence electrons. The minimum atomic E-state index is -0.0631. The Morgan fingerprint density at radius 1 is 1.14 bits per heavy atom. The number of aromatic nitrogens is 3. The monoisotopic (exact) mass is 430 g/mol. The van der Waals surface area contributed by atoms with Gasteiger partial charge in [-0.05, 0) is 43.7 Å². The summed E-state index contributed by atoms with van der Waals surface area (Å²) >= 11 is 7.25. The Labute approximate surface area is 179 Å². The number of thioether (sulfide) groups is 1. The van der Waals surface area contributed by atoms with Crippen LogP contribution in [-0.2, 0) is 17.9 Å². The number of ether oxygens (including phenoxy) is 1. The van der Waals surface area contributed by atoms with Crippen molar-refractivity contribution in [2.45, 2.75) is 32.1 Å². The van der Waals surface area contributed by atoms with Crippen LogP contribution in [0.3, 0.4) is 0 Å². The molecule has 1 amide bonds. The van der Waals surface area contributed by atoms with E-state index in [0.717, 1.165) is 22.7 Å². The minimum Gasteiger partial charge on any atom is -0.493 e. The number of rotatable bonds is 9. The smallest absolute Gasteiger partial charge is 0.230 e. The lowest BCUT2D eigenvalue weighted by Crippen LogP contribution is -2.24. The summed E-state index contributed by atoms with van der Waals surface area (Å²) in [6.45, 7) is 5.71. The quantitative estimate of drug-likeness (QED) is 0.509. The summed E-state index contributed by atoms with van der Waals surface area (Å²) in [7, 11) is 0. The van der Waals surface area contributed by atoms with Gasteiger partial charge in [-0.1, -0.05) is 47.6 Å². The third kappa shape index (κ3) is 5.52. The van der Waals surface area contributed by atoms with Gasteiger partial charge in [-0.15, -0.1) is 10.2 Å². The first kappa shape index (κ1) is 21.2. The van der Waals surface area contributed by atoms with E-state index in [-0.39, 0.29) is 11.7 Å². The SMILES string of the molecule is CCOc1ccccc1-c1nnc(SCC(=O)NCc2ccc(Cl)cc2)n1CC. The Morgan fingerprint density at radius 3 is 2.62 bits per heavy atom. The van der Waals surface area contributed by atoms with Crippen molar-refractivity contribution in [1.82, 2.24) is 20.1 Å². The molecule has 6 nitrogen and oxygen atoms in total. The van der Waals surface area contributed by atoms with Crippen molar-refractivity contribution in [1.29, 1.82) is 0 Å². The maximum atomic E-state index is 12.2. The lowest BCUT2D eigenvalue weighted by atomic mass is 10.2. The van der Waals surface area contributed by atoms with Gasteiger partial charge in [0, 0.05) is 18.1 Å². The van der Waals surface area contributed by atoms with Gasteiger partial charge in [0.1, 0.15) is 5.75 Å². The maximum Gasteiger partial charge on any atom is 0.230 e. The second-order valence-corrected chi connectivity index (χ2v) is 7.55. The van der Waals surface area contributed by atoms with Crippen LogP contribution in [0.1, 0.15) is 19.4 Å². The molecular formula is C21H23ClN4O2S. The van der Waals surface area contributed by atoms with Crippen LogP contribution in [0.2, 0.25) is 5.02 Å². The van der Waals surface area contributed by atoms with Crippen LogP contribution in [0.4, 0.5) is 0 Å². The van der Waals surface area contributed by atoms with Gasteiger partial charge in [-0.3, -0.25) is 4.79 Å². The molecule has 0 bridgehead atoms. The van der Waals surface area contributed by atoms with Crippen LogP contribution >= 0.6 is 23.4 Å². The molecule has 0 atom stereocenters. The van der Waals surface area contributed by atoms with Crippen molar-refractivity contribution in [2.24, 2.45) is 0 Å². The fourth-order valence-electron chi connectivity index (χ4n) is 2.80. The molecule has 0 radical (unpaired) electrons. The van der Waals surface area contributed by atoms with E-state index >= 15 is 0 Å².